The molecule has 2 atom stereocenters. The summed E-state index contributed by atoms with van der Waals surface area (Å²) in [4.78, 5) is 17.4. The molecule has 0 bridgehead atoms. The van der Waals surface area contributed by atoms with Crippen LogP contribution >= 0.6 is 36.2 Å². The van der Waals surface area contributed by atoms with E-state index in [4.69, 9.17) is 0 Å². The molecule has 7 heteroatoms. The van der Waals surface area contributed by atoms with E-state index in [9.17, 15) is 4.79 Å². The van der Waals surface area contributed by atoms with E-state index >= 15 is 0 Å². The van der Waals surface area contributed by atoms with E-state index in [0.29, 0.717) is 10.8 Å². The van der Waals surface area contributed by atoms with Crippen molar-refractivity contribution >= 4 is 42.1 Å². The van der Waals surface area contributed by atoms with Gasteiger partial charge in [0.25, 0.3) is 5.91 Å². The lowest BCUT2D eigenvalue weighted by Gasteiger charge is -2.29. The van der Waals surface area contributed by atoms with Crippen LogP contribution in [0.4, 0.5) is 0 Å². The maximum absolute atomic E-state index is 12.3. The molecule has 1 fully saturated rings. The number of carbonyl (C=O) groups excluding carboxylic acids is 1. The Morgan fingerprint density at radius 1 is 1.30 bits per heavy atom. The van der Waals surface area contributed by atoms with E-state index in [0.717, 1.165) is 30.1 Å². The maximum atomic E-state index is 12.3. The molecule has 1 aromatic carbocycles. The third-order valence-corrected chi connectivity index (χ3v) is 4.90. The molecule has 0 radical (unpaired) electrons. The number of carbonyl (C=O) groups is 1. The average molecular weight is 374 g/mol. The zero-order valence-corrected chi connectivity index (χ0v) is 15.3. The number of amides is 1. The first-order valence-electron chi connectivity index (χ1n) is 7.27. The monoisotopic (exact) mass is 373 g/mol. The summed E-state index contributed by atoms with van der Waals surface area (Å²) in [5.74, 6) is 0.456. The lowest BCUT2D eigenvalue weighted by molar-refractivity contribution is 0.0918. The second-order valence-corrected chi connectivity index (χ2v) is 6.48. The summed E-state index contributed by atoms with van der Waals surface area (Å²) in [7, 11) is 0. The van der Waals surface area contributed by atoms with Crippen LogP contribution in [0.25, 0.3) is 10.6 Å². The molecule has 126 valence electrons. The van der Waals surface area contributed by atoms with Crippen LogP contribution in [0.1, 0.15) is 23.0 Å². The number of benzene rings is 1. The minimum atomic E-state index is -0.00608. The first-order chi connectivity index (χ1) is 10.2. The van der Waals surface area contributed by atoms with Crippen molar-refractivity contribution in [3.8, 4) is 10.6 Å². The molecule has 0 spiro atoms. The fourth-order valence-corrected chi connectivity index (χ4v) is 3.39. The zero-order chi connectivity index (χ0) is 14.7. The summed E-state index contributed by atoms with van der Waals surface area (Å²) in [6, 6.07) is 10.2. The number of rotatable bonds is 3. The largest absolute Gasteiger partial charge is 0.348 e. The average Bonchev–Trinajstić information content (AvgIpc) is 3.00. The van der Waals surface area contributed by atoms with Crippen LogP contribution in [0, 0.1) is 5.92 Å². The van der Waals surface area contributed by atoms with Gasteiger partial charge in [0, 0.05) is 11.6 Å². The van der Waals surface area contributed by atoms with Gasteiger partial charge < -0.3 is 10.6 Å². The molecule has 0 aliphatic carbocycles. The molecule has 2 unspecified atom stereocenters. The van der Waals surface area contributed by atoms with Gasteiger partial charge in [0.15, 0.2) is 0 Å². The molecular weight excluding hydrogens is 353 g/mol. The van der Waals surface area contributed by atoms with E-state index < -0.39 is 0 Å². The Hall–Kier alpha value is -1.14. The van der Waals surface area contributed by atoms with Crippen molar-refractivity contribution in [1.82, 2.24) is 15.6 Å². The van der Waals surface area contributed by atoms with E-state index in [1.807, 2.05) is 30.3 Å². The Balaban J connectivity index is 0.00000132. The Morgan fingerprint density at radius 2 is 2.04 bits per heavy atom. The van der Waals surface area contributed by atoms with E-state index in [1.165, 1.54) is 11.3 Å². The topological polar surface area (TPSA) is 54.0 Å². The maximum Gasteiger partial charge on any atom is 0.263 e. The predicted molar refractivity (Wildman–Crippen MR) is 100.0 cm³/mol. The summed E-state index contributed by atoms with van der Waals surface area (Å²) in [5.41, 5.74) is 1.05. The molecule has 1 aliphatic rings. The van der Waals surface area contributed by atoms with Crippen LogP contribution in [0.5, 0.6) is 0 Å². The zero-order valence-electron chi connectivity index (χ0n) is 12.8. The highest BCUT2D eigenvalue weighted by molar-refractivity contribution is 7.16. The Morgan fingerprint density at radius 3 is 2.74 bits per heavy atom. The smallest absolute Gasteiger partial charge is 0.263 e. The van der Waals surface area contributed by atoms with Gasteiger partial charge in [-0.3, -0.25) is 4.79 Å². The van der Waals surface area contributed by atoms with Gasteiger partial charge in [-0.25, -0.2) is 4.98 Å². The van der Waals surface area contributed by atoms with Gasteiger partial charge in [-0.1, -0.05) is 37.3 Å². The number of nitrogens with one attached hydrogen (secondary N) is 2. The SMILES string of the molecule is CC1CNCCC1NC(=O)c1cnc(-c2ccccc2)s1.Cl.Cl. The van der Waals surface area contributed by atoms with Crippen LogP contribution in [0.3, 0.4) is 0 Å². The van der Waals surface area contributed by atoms with Gasteiger partial charge in [0.2, 0.25) is 0 Å². The van der Waals surface area contributed by atoms with Gasteiger partial charge in [0.1, 0.15) is 9.88 Å². The van der Waals surface area contributed by atoms with E-state index in [-0.39, 0.29) is 36.8 Å². The van der Waals surface area contributed by atoms with Crippen molar-refractivity contribution < 1.29 is 4.79 Å². The van der Waals surface area contributed by atoms with Crippen molar-refractivity contribution in [2.45, 2.75) is 19.4 Å². The van der Waals surface area contributed by atoms with Crippen LogP contribution in [-0.4, -0.2) is 30.0 Å². The fourth-order valence-electron chi connectivity index (χ4n) is 2.56. The summed E-state index contributed by atoms with van der Waals surface area (Å²) in [6.45, 7) is 4.09. The first-order valence-corrected chi connectivity index (χ1v) is 8.08. The summed E-state index contributed by atoms with van der Waals surface area (Å²) in [6.07, 6.45) is 2.66. The number of hydrogen-bond acceptors (Lipinski definition) is 4. The number of aromatic nitrogens is 1. The molecule has 1 aliphatic heterocycles. The Bertz CT molecular complexity index is 621. The van der Waals surface area contributed by atoms with Gasteiger partial charge >= 0.3 is 0 Å². The quantitative estimate of drug-likeness (QED) is 0.866. The highest BCUT2D eigenvalue weighted by atomic mass is 35.5. The third kappa shape index (κ3) is 4.91. The normalized spacial score (nSPS) is 20.0. The molecule has 1 aromatic heterocycles. The van der Waals surface area contributed by atoms with Gasteiger partial charge in [-0.2, -0.15) is 0 Å². The summed E-state index contributed by atoms with van der Waals surface area (Å²) >= 11 is 1.45. The number of halogens is 2. The fraction of sp³-hybridized carbons (Fsp3) is 0.375. The van der Waals surface area contributed by atoms with Gasteiger partial charge in [-0.15, -0.1) is 36.2 Å². The molecule has 1 saturated heterocycles. The number of thiazole rings is 1. The second-order valence-electron chi connectivity index (χ2n) is 5.45. The van der Waals surface area contributed by atoms with Crippen LogP contribution in [0.15, 0.2) is 36.5 Å². The molecule has 4 nitrogen and oxygen atoms in total. The highest BCUT2D eigenvalue weighted by Crippen LogP contribution is 2.25. The van der Waals surface area contributed by atoms with Crippen LogP contribution < -0.4 is 10.6 Å². The minimum absolute atomic E-state index is 0. The summed E-state index contributed by atoms with van der Waals surface area (Å²) in [5, 5.41) is 7.37. The molecular formula is C16H21Cl2N3OS. The molecule has 2 heterocycles. The molecule has 23 heavy (non-hydrogen) atoms. The number of piperidine rings is 1. The van der Waals surface area contributed by atoms with Gasteiger partial charge in [-0.05, 0) is 25.4 Å². The highest BCUT2D eigenvalue weighted by Gasteiger charge is 2.23. The van der Waals surface area contributed by atoms with Crippen molar-refractivity contribution in [2.24, 2.45) is 5.92 Å². The Kier molecular flexibility index (Phi) is 7.99. The van der Waals surface area contributed by atoms with E-state index in [2.05, 4.69) is 22.5 Å². The number of nitrogens with zero attached hydrogens (tertiary/aromatic N) is 1. The van der Waals surface area contributed by atoms with Crippen molar-refractivity contribution in [3.05, 3.63) is 41.4 Å². The molecule has 0 saturated carbocycles. The van der Waals surface area contributed by atoms with Gasteiger partial charge in [0.05, 0.1) is 6.20 Å². The van der Waals surface area contributed by atoms with Crippen molar-refractivity contribution in [2.75, 3.05) is 13.1 Å². The second kappa shape index (κ2) is 9.23. The molecule has 1 amide bonds. The molecule has 2 aromatic rings. The van der Waals surface area contributed by atoms with Crippen LogP contribution in [-0.2, 0) is 0 Å². The summed E-state index contributed by atoms with van der Waals surface area (Å²) < 4.78 is 0. The first kappa shape index (κ1) is 19.9. The van der Waals surface area contributed by atoms with E-state index in [1.54, 1.807) is 6.20 Å². The third-order valence-electron chi connectivity index (χ3n) is 3.85. The molecule has 2 N–H and O–H groups in total. The Labute approximate surface area is 152 Å². The van der Waals surface area contributed by atoms with Crippen molar-refractivity contribution in [1.29, 1.82) is 0 Å². The minimum Gasteiger partial charge on any atom is -0.348 e. The van der Waals surface area contributed by atoms with Crippen LogP contribution in [0.2, 0.25) is 0 Å². The lowest BCUT2D eigenvalue weighted by Crippen LogP contribution is -2.48. The standard InChI is InChI=1S/C16H19N3OS.2ClH/c1-11-9-17-8-7-13(11)19-15(20)14-10-18-16(21-14)12-5-3-2-4-6-12;;/h2-6,10-11,13,17H,7-9H2,1H3,(H,19,20);2*1H. The number of hydrogen-bond donors (Lipinski definition) is 2. The molecule has 3 rings (SSSR count). The lowest BCUT2D eigenvalue weighted by atomic mass is 9.95. The van der Waals surface area contributed by atoms with Crippen molar-refractivity contribution in [3.63, 3.8) is 0 Å². The predicted octanol–water partition coefficient (Wildman–Crippen LogP) is 3.38.